The number of hydrogen-bond acceptors (Lipinski definition) is 2. The summed E-state index contributed by atoms with van der Waals surface area (Å²) in [5.41, 5.74) is 7.65. The Morgan fingerprint density at radius 2 is 1.19 bits per heavy atom. The summed E-state index contributed by atoms with van der Waals surface area (Å²) >= 11 is 0. The molecule has 0 aliphatic rings. The van der Waals surface area contributed by atoms with Gasteiger partial charge in [-0.05, 0) is 53.6 Å². The monoisotopic (exact) mass is 256 g/mol. The second kappa shape index (κ2) is 11.3. The van der Waals surface area contributed by atoms with Crippen molar-refractivity contribution in [1.29, 1.82) is 0 Å². The third-order valence-corrected chi connectivity index (χ3v) is 5.59. The van der Waals surface area contributed by atoms with Crippen molar-refractivity contribution in [3.8, 4) is 0 Å². The van der Waals surface area contributed by atoms with Crippen LogP contribution >= 0.6 is 0 Å². The Labute approximate surface area is 106 Å². The Kier molecular flexibility index (Phi) is 11.2. The van der Waals surface area contributed by atoms with E-state index in [0.29, 0.717) is 0 Å². The molecule has 0 aliphatic carbocycles. The van der Waals surface area contributed by atoms with E-state index in [-0.39, 0.29) is 19.4 Å². The predicted octanol–water partition coefficient (Wildman–Crippen LogP) is 0.961. The molecule has 0 rings (SSSR count). The molecule has 0 atom stereocenters. The maximum absolute atomic E-state index is 3.56. The van der Waals surface area contributed by atoms with Crippen molar-refractivity contribution in [2.24, 2.45) is 0 Å². The van der Waals surface area contributed by atoms with E-state index in [1.54, 1.807) is 0 Å². The lowest BCUT2D eigenvalue weighted by atomic mass is 10.3. The zero-order valence-electron chi connectivity index (χ0n) is 11.4. The van der Waals surface area contributed by atoms with E-state index in [1.165, 1.54) is 37.1 Å². The normalized spacial score (nSPS) is 11.5. The Morgan fingerprint density at radius 1 is 0.812 bits per heavy atom. The van der Waals surface area contributed by atoms with Gasteiger partial charge in [0.05, 0.1) is 0 Å². The zero-order chi connectivity index (χ0) is 12.2. The molecule has 0 saturated heterocycles. The number of rotatable bonds is 9. The highest BCUT2D eigenvalue weighted by Crippen LogP contribution is 1.87. The molecule has 0 fully saturated rings. The minimum atomic E-state index is -0.124. The van der Waals surface area contributed by atoms with Crippen LogP contribution in [0.2, 0.25) is 0 Å². The molecular weight excluding hydrogens is 228 g/mol. The first-order valence-corrected chi connectivity index (χ1v) is 9.36. The molecule has 4 heteroatoms. The van der Waals surface area contributed by atoms with Crippen LogP contribution in [0.15, 0.2) is 22.5 Å². The first kappa shape index (κ1) is 15.8. The van der Waals surface area contributed by atoms with Gasteiger partial charge in [-0.1, -0.05) is 22.5 Å². The number of hydrogen-bond donors (Lipinski definition) is 2. The fraction of sp³-hybridized carbons (Fsp3) is 0.667. The molecule has 0 aromatic rings. The summed E-state index contributed by atoms with van der Waals surface area (Å²) < 4.78 is 0. The van der Waals surface area contributed by atoms with Crippen LogP contribution in [0.3, 0.4) is 0 Å². The van der Waals surface area contributed by atoms with Crippen LogP contribution in [0.4, 0.5) is 0 Å². The van der Waals surface area contributed by atoms with Crippen LogP contribution in [0.25, 0.3) is 0 Å². The molecule has 0 unspecified atom stereocenters. The highest BCUT2D eigenvalue weighted by molar-refractivity contribution is 6.39. The molecule has 0 saturated carbocycles. The number of nitrogens with one attached hydrogen (secondary N) is 2. The summed E-state index contributed by atoms with van der Waals surface area (Å²) in [6.45, 7) is 11.1. The zero-order valence-corrected chi connectivity index (χ0v) is 14.2. The van der Waals surface area contributed by atoms with E-state index < -0.39 is 0 Å². The molecule has 16 heavy (non-hydrogen) atoms. The van der Waals surface area contributed by atoms with Crippen molar-refractivity contribution < 1.29 is 0 Å². The van der Waals surface area contributed by atoms with Gasteiger partial charge in [0.2, 0.25) is 0 Å². The molecule has 2 nitrogen and oxygen atoms in total. The molecular formula is C12H28N2Si2. The van der Waals surface area contributed by atoms with Crippen LogP contribution in [-0.2, 0) is 0 Å². The van der Waals surface area contributed by atoms with E-state index in [4.69, 9.17) is 0 Å². The Balaban J connectivity index is 3.10. The van der Waals surface area contributed by atoms with Crippen molar-refractivity contribution in [1.82, 2.24) is 9.96 Å². The molecule has 0 aromatic carbocycles. The fourth-order valence-corrected chi connectivity index (χ4v) is 3.27. The van der Waals surface area contributed by atoms with Crippen LogP contribution in [0.1, 0.15) is 40.5 Å². The third kappa shape index (κ3) is 13.8. The lowest BCUT2D eigenvalue weighted by Crippen LogP contribution is -2.22. The van der Waals surface area contributed by atoms with Gasteiger partial charge in [-0.15, -0.1) is 0 Å². The molecule has 0 heterocycles. The summed E-state index contributed by atoms with van der Waals surface area (Å²) in [6, 6.07) is 0. The van der Waals surface area contributed by atoms with E-state index in [2.05, 4.69) is 49.1 Å². The van der Waals surface area contributed by atoms with Crippen LogP contribution in [-0.4, -0.2) is 32.5 Å². The molecule has 94 valence electrons. The Bertz CT molecular complexity index is 193. The van der Waals surface area contributed by atoms with E-state index in [0.717, 1.165) is 0 Å². The maximum Gasteiger partial charge on any atom is 0.116 e. The Morgan fingerprint density at radius 3 is 1.50 bits per heavy atom. The number of unbranched alkanes of at least 4 members (excludes halogenated alkanes) is 1. The second-order valence-electron chi connectivity index (χ2n) is 4.68. The van der Waals surface area contributed by atoms with Gasteiger partial charge >= 0.3 is 0 Å². The van der Waals surface area contributed by atoms with Gasteiger partial charge in [0.25, 0.3) is 0 Å². The van der Waals surface area contributed by atoms with Crippen molar-refractivity contribution in [3.05, 3.63) is 22.5 Å². The summed E-state index contributed by atoms with van der Waals surface area (Å²) in [4.78, 5) is 7.12. The summed E-state index contributed by atoms with van der Waals surface area (Å²) in [5.74, 6) is 0. The van der Waals surface area contributed by atoms with Crippen LogP contribution < -0.4 is 9.96 Å². The minimum absolute atomic E-state index is 0.124. The van der Waals surface area contributed by atoms with Crippen LogP contribution in [0.5, 0.6) is 0 Å². The molecule has 0 bridgehead atoms. The highest BCUT2D eigenvalue weighted by atomic mass is 28.2. The lowest BCUT2D eigenvalue weighted by molar-refractivity contribution is 0.705. The van der Waals surface area contributed by atoms with Gasteiger partial charge in [0.15, 0.2) is 0 Å². The van der Waals surface area contributed by atoms with Crippen molar-refractivity contribution in [2.45, 2.75) is 40.5 Å². The first-order chi connectivity index (χ1) is 7.63. The topological polar surface area (TPSA) is 24.1 Å². The van der Waals surface area contributed by atoms with Gasteiger partial charge in [0, 0.05) is 0 Å². The number of allylic oxidation sites excluding steroid dienone is 2. The fourth-order valence-electron chi connectivity index (χ4n) is 1.26. The summed E-state index contributed by atoms with van der Waals surface area (Å²) in [5, 5.41) is 0. The van der Waals surface area contributed by atoms with E-state index >= 15 is 0 Å². The average Bonchev–Trinajstić information content (AvgIpc) is 2.20. The van der Waals surface area contributed by atoms with Crippen molar-refractivity contribution in [3.63, 3.8) is 0 Å². The first-order valence-electron chi connectivity index (χ1n) is 6.31. The standard InChI is InChI=1S/C12H28N2Si2/c1-11(2)9-15-13-7-5-6-8-14-16-10-12(3)4/h9-10,13-14H,5-8,15-16H2,1-4H3. The van der Waals surface area contributed by atoms with Crippen molar-refractivity contribution in [2.75, 3.05) is 13.1 Å². The van der Waals surface area contributed by atoms with Gasteiger partial charge in [-0.25, -0.2) is 0 Å². The van der Waals surface area contributed by atoms with Crippen molar-refractivity contribution >= 4 is 19.4 Å². The second-order valence-corrected chi connectivity index (χ2v) is 7.31. The molecule has 2 N–H and O–H groups in total. The van der Waals surface area contributed by atoms with Gasteiger partial charge in [0.1, 0.15) is 19.4 Å². The smallest absolute Gasteiger partial charge is 0.116 e. The molecule has 0 aliphatic heterocycles. The summed E-state index contributed by atoms with van der Waals surface area (Å²) in [6.07, 6.45) is 2.61. The Hall–Kier alpha value is -0.166. The quantitative estimate of drug-likeness (QED) is 0.474. The van der Waals surface area contributed by atoms with Gasteiger partial charge in [-0.2, -0.15) is 0 Å². The van der Waals surface area contributed by atoms with Gasteiger partial charge in [-0.3, -0.25) is 0 Å². The molecule has 0 amide bonds. The molecule has 0 spiro atoms. The predicted molar refractivity (Wildman–Crippen MR) is 81.2 cm³/mol. The van der Waals surface area contributed by atoms with E-state index in [9.17, 15) is 0 Å². The lowest BCUT2D eigenvalue weighted by Gasteiger charge is -2.03. The minimum Gasteiger partial charge on any atom is -0.339 e. The largest absolute Gasteiger partial charge is 0.339 e. The van der Waals surface area contributed by atoms with Crippen LogP contribution in [0, 0.1) is 0 Å². The summed E-state index contributed by atoms with van der Waals surface area (Å²) in [7, 11) is -0.248. The highest BCUT2D eigenvalue weighted by Gasteiger charge is 1.88. The van der Waals surface area contributed by atoms with E-state index in [1.807, 2.05) is 0 Å². The third-order valence-electron chi connectivity index (χ3n) is 2.27. The van der Waals surface area contributed by atoms with Gasteiger partial charge < -0.3 is 9.96 Å². The molecule has 0 radical (unpaired) electrons. The molecule has 0 aromatic heterocycles. The average molecular weight is 257 g/mol. The SMILES string of the molecule is CC(C)=C[SiH2]NCCCCN[SiH2]C=C(C)C. The maximum atomic E-state index is 3.56.